The number of anilines is 3. The van der Waals surface area contributed by atoms with Crippen LogP contribution in [0.15, 0.2) is 243 Å². The summed E-state index contributed by atoms with van der Waals surface area (Å²) in [5.74, 6) is -0.222. The van der Waals surface area contributed by atoms with E-state index in [-0.39, 0.29) is 5.82 Å². The molecule has 0 amide bonds. The first kappa shape index (κ1) is 36.5. The monoisotopic (exact) mass is 769 g/mol. The normalized spacial score (nSPS) is 11.1. The predicted octanol–water partition coefficient (Wildman–Crippen LogP) is 16.5. The van der Waals surface area contributed by atoms with E-state index >= 15 is 4.39 Å². The molecular weight excluding hydrogens is 730 g/mol. The topological polar surface area (TPSA) is 3.24 Å². The fourth-order valence-electron chi connectivity index (χ4n) is 8.41. The molecule has 0 aliphatic heterocycles. The van der Waals surface area contributed by atoms with Crippen molar-refractivity contribution in [1.29, 1.82) is 0 Å². The Labute approximate surface area is 350 Å². The third-order valence-corrected chi connectivity index (χ3v) is 11.4. The van der Waals surface area contributed by atoms with Crippen LogP contribution in [0.1, 0.15) is 0 Å². The fraction of sp³-hybridized carbons (Fsp3) is 0. The molecule has 0 atom stereocenters. The molecule has 0 aliphatic rings. The van der Waals surface area contributed by atoms with Gasteiger partial charge in [-0.2, -0.15) is 0 Å². The van der Waals surface area contributed by atoms with E-state index in [1.807, 2.05) is 42.5 Å². The van der Waals surface area contributed by atoms with E-state index in [1.54, 1.807) is 6.07 Å². The van der Waals surface area contributed by atoms with Gasteiger partial charge in [0.25, 0.3) is 0 Å². The van der Waals surface area contributed by atoms with Crippen LogP contribution in [0.5, 0.6) is 0 Å². The molecule has 10 aromatic carbocycles. The maximum atomic E-state index is 15.4. The van der Waals surface area contributed by atoms with Gasteiger partial charge >= 0.3 is 0 Å². The van der Waals surface area contributed by atoms with Gasteiger partial charge in [0, 0.05) is 27.8 Å². The molecule has 0 N–H and O–H groups in total. The van der Waals surface area contributed by atoms with Gasteiger partial charge in [-0.05, 0) is 115 Å². The van der Waals surface area contributed by atoms with Crippen molar-refractivity contribution in [1.82, 2.24) is 0 Å². The molecule has 284 valence electrons. The van der Waals surface area contributed by atoms with E-state index in [0.717, 1.165) is 61.4 Å². The first-order valence-corrected chi connectivity index (χ1v) is 20.4. The van der Waals surface area contributed by atoms with Gasteiger partial charge in [-0.15, -0.1) is 0 Å². The first-order valence-electron chi connectivity index (χ1n) is 20.4. The van der Waals surface area contributed by atoms with E-state index in [1.165, 1.54) is 27.8 Å². The van der Waals surface area contributed by atoms with Crippen molar-refractivity contribution in [3.8, 4) is 66.8 Å². The third-order valence-electron chi connectivity index (χ3n) is 11.4. The highest BCUT2D eigenvalue weighted by atomic mass is 19.1. The van der Waals surface area contributed by atoms with Crippen LogP contribution in [0.2, 0.25) is 0 Å². The Bertz CT molecular complexity index is 3050. The zero-order chi connectivity index (χ0) is 40.3. The van der Waals surface area contributed by atoms with Crippen LogP contribution >= 0.6 is 0 Å². The summed E-state index contributed by atoms with van der Waals surface area (Å²) in [5.41, 5.74) is 16.7. The van der Waals surface area contributed by atoms with Gasteiger partial charge < -0.3 is 4.90 Å². The van der Waals surface area contributed by atoms with E-state index in [9.17, 15) is 0 Å². The van der Waals surface area contributed by atoms with E-state index in [2.05, 4.69) is 199 Å². The summed E-state index contributed by atoms with van der Waals surface area (Å²) in [4.78, 5) is 2.30. The molecule has 0 bridgehead atoms. The summed E-state index contributed by atoms with van der Waals surface area (Å²) in [7, 11) is 0. The molecule has 0 aliphatic carbocycles. The second-order valence-electron chi connectivity index (χ2n) is 15.0. The van der Waals surface area contributed by atoms with Crippen molar-refractivity contribution in [2.75, 3.05) is 4.90 Å². The Morgan fingerprint density at radius 2 is 0.617 bits per heavy atom. The first-order chi connectivity index (χ1) is 29.7. The number of benzene rings is 10. The van der Waals surface area contributed by atoms with Gasteiger partial charge in [0.2, 0.25) is 0 Å². The van der Waals surface area contributed by atoms with Crippen LogP contribution < -0.4 is 4.90 Å². The summed E-state index contributed by atoms with van der Waals surface area (Å²) in [6.45, 7) is 0. The number of nitrogens with zero attached hydrogens (tertiary/aromatic N) is 1. The molecule has 0 saturated carbocycles. The van der Waals surface area contributed by atoms with E-state index in [4.69, 9.17) is 0 Å². The van der Waals surface area contributed by atoms with Gasteiger partial charge in [0.1, 0.15) is 5.82 Å². The molecule has 0 unspecified atom stereocenters. The molecule has 60 heavy (non-hydrogen) atoms. The van der Waals surface area contributed by atoms with Crippen molar-refractivity contribution in [2.45, 2.75) is 0 Å². The number of rotatable bonds is 9. The molecule has 1 nitrogen and oxygen atoms in total. The van der Waals surface area contributed by atoms with Crippen molar-refractivity contribution < 1.29 is 4.39 Å². The van der Waals surface area contributed by atoms with Crippen molar-refractivity contribution >= 4 is 27.8 Å². The maximum absolute atomic E-state index is 15.4. The number of fused-ring (bicyclic) bond motifs is 1. The summed E-state index contributed by atoms with van der Waals surface area (Å²) in [6, 6.07) is 84.4. The SMILES string of the molecule is Fc1ccc(-c2ccc(N(c3ccc(-c4ccccc4)cc3)c3ccc(-c4cccc(-c5ccccc5-c5ccccc5)c4)cc3)cc2)c2c(-c3ccccc3)cccc12. The van der Waals surface area contributed by atoms with Gasteiger partial charge in [-0.3, -0.25) is 0 Å². The summed E-state index contributed by atoms with van der Waals surface area (Å²) in [6.07, 6.45) is 0. The average Bonchev–Trinajstić information content (AvgIpc) is 3.33. The number of halogens is 1. The van der Waals surface area contributed by atoms with Crippen LogP contribution in [0.3, 0.4) is 0 Å². The summed E-state index contributed by atoms with van der Waals surface area (Å²) >= 11 is 0. The quantitative estimate of drug-likeness (QED) is 0.141. The van der Waals surface area contributed by atoms with Crippen LogP contribution in [0.25, 0.3) is 77.5 Å². The molecule has 0 saturated heterocycles. The van der Waals surface area contributed by atoms with Crippen molar-refractivity contribution in [3.05, 3.63) is 248 Å². The van der Waals surface area contributed by atoms with Crippen LogP contribution in [-0.2, 0) is 0 Å². The zero-order valence-corrected chi connectivity index (χ0v) is 32.9. The van der Waals surface area contributed by atoms with Crippen molar-refractivity contribution in [2.24, 2.45) is 0 Å². The number of hydrogen-bond acceptors (Lipinski definition) is 1. The van der Waals surface area contributed by atoms with Gasteiger partial charge in [0.15, 0.2) is 0 Å². The minimum absolute atomic E-state index is 0.222. The number of hydrogen-bond donors (Lipinski definition) is 0. The minimum Gasteiger partial charge on any atom is -0.311 e. The fourth-order valence-corrected chi connectivity index (χ4v) is 8.41. The second kappa shape index (κ2) is 16.2. The Kier molecular flexibility index (Phi) is 9.87. The molecule has 10 aromatic rings. The van der Waals surface area contributed by atoms with Gasteiger partial charge in [0.05, 0.1) is 0 Å². The van der Waals surface area contributed by atoms with Crippen LogP contribution in [-0.4, -0.2) is 0 Å². The van der Waals surface area contributed by atoms with Crippen molar-refractivity contribution in [3.63, 3.8) is 0 Å². The second-order valence-corrected chi connectivity index (χ2v) is 15.0. The lowest BCUT2D eigenvalue weighted by atomic mass is 9.91. The molecule has 10 rings (SSSR count). The summed E-state index contributed by atoms with van der Waals surface area (Å²) < 4.78 is 15.4. The zero-order valence-electron chi connectivity index (χ0n) is 32.9. The third kappa shape index (κ3) is 7.16. The maximum Gasteiger partial charge on any atom is 0.131 e. The Morgan fingerprint density at radius 1 is 0.250 bits per heavy atom. The summed E-state index contributed by atoms with van der Waals surface area (Å²) in [5, 5.41) is 1.53. The highest BCUT2D eigenvalue weighted by Crippen LogP contribution is 2.41. The average molecular weight is 770 g/mol. The standard InChI is InChI=1S/C58H40FN/c59-57-39-38-55(58-54(24-13-25-56(57)58)45-18-8-3-9-19-45)46-30-36-51(37-31-46)60(49-32-26-42(27-33-49)41-14-4-1-5-15-41)50-34-28-43(29-35-50)47-20-12-21-48(40-47)53-23-11-10-22-52(53)44-16-6-2-7-17-44/h1-40H. The Balaban J connectivity index is 1.03. The van der Waals surface area contributed by atoms with Crippen LogP contribution in [0.4, 0.5) is 21.5 Å². The van der Waals surface area contributed by atoms with Crippen LogP contribution in [0, 0.1) is 5.82 Å². The minimum atomic E-state index is -0.222. The molecule has 0 fully saturated rings. The lowest BCUT2D eigenvalue weighted by Crippen LogP contribution is -2.09. The van der Waals surface area contributed by atoms with E-state index < -0.39 is 0 Å². The molecule has 0 radical (unpaired) electrons. The molecule has 2 heteroatoms. The Morgan fingerprint density at radius 3 is 1.20 bits per heavy atom. The molecule has 0 spiro atoms. The highest BCUT2D eigenvalue weighted by Gasteiger charge is 2.17. The predicted molar refractivity (Wildman–Crippen MR) is 251 cm³/mol. The van der Waals surface area contributed by atoms with Gasteiger partial charge in [-0.25, -0.2) is 4.39 Å². The smallest absolute Gasteiger partial charge is 0.131 e. The molecule has 0 aromatic heterocycles. The lowest BCUT2D eigenvalue weighted by molar-refractivity contribution is 0.640. The highest BCUT2D eigenvalue weighted by molar-refractivity contribution is 6.06. The van der Waals surface area contributed by atoms with E-state index in [0.29, 0.717) is 5.39 Å². The molecule has 0 heterocycles. The largest absolute Gasteiger partial charge is 0.311 e. The lowest BCUT2D eigenvalue weighted by Gasteiger charge is -2.26. The van der Waals surface area contributed by atoms with Gasteiger partial charge in [-0.1, -0.05) is 194 Å². The Hall–Kier alpha value is -7.81. The molecular formula is C58H40FN.